The first-order valence-electron chi connectivity index (χ1n) is 9.84. The molecule has 0 aliphatic carbocycles. The minimum absolute atomic E-state index is 0.115. The van der Waals surface area contributed by atoms with Crippen LogP contribution >= 0.6 is 0 Å². The van der Waals surface area contributed by atoms with Gasteiger partial charge in [0.1, 0.15) is 0 Å². The Hall–Kier alpha value is -2.86. The van der Waals surface area contributed by atoms with Crippen LogP contribution in [0.15, 0.2) is 36.9 Å². The number of hydrogen-bond donors (Lipinski definition) is 1. The Morgan fingerprint density at radius 1 is 1.25 bits per heavy atom. The molecule has 4 heterocycles. The summed E-state index contributed by atoms with van der Waals surface area (Å²) in [4.78, 5) is 23.2. The molecule has 0 radical (unpaired) electrons. The van der Waals surface area contributed by atoms with Gasteiger partial charge in [-0.05, 0) is 24.5 Å². The Morgan fingerprint density at radius 2 is 1.91 bits per heavy atom. The summed E-state index contributed by atoms with van der Waals surface area (Å²) in [6.07, 6.45) is 3.76. The molecule has 0 bridgehead atoms. The Labute approximate surface area is 181 Å². The van der Waals surface area contributed by atoms with E-state index >= 15 is 0 Å². The summed E-state index contributed by atoms with van der Waals surface area (Å²) >= 11 is 0. The predicted molar refractivity (Wildman–Crippen MR) is 103 cm³/mol. The molecule has 2 aromatic heterocycles. The van der Waals surface area contributed by atoms with E-state index in [9.17, 15) is 17.6 Å². The van der Waals surface area contributed by atoms with Gasteiger partial charge >= 0.3 is 12.1 Å². The Kier molecular flexibility index (Phi) is 7.56. The highest BCUT2D eigenvalue weighted by molar-refractivity contribution is 5.73. The van der Waals surface area contributed by atoms with Crippen molar-refractivity contribution in [3.8, 4) is 0 Å². The van der Waals surface area contributed by atoms with Crippen molar-refractivity contribution in [1.29, 1.82) is 0 Å². The van der Waals surface area contributed by atoms with E-state index in [1.165, 1.54) is 12.4 Å². The Bertz CT molecular complexity index is 875. The lowest BCUT2D eigenvalue weighted by Gasteiger charge is -2.38. The van der Waals surface area contributed by atoms with E-state index in [0.717, 1.165) is 37.9 Å². The summed E-state index contributed by atoms with van der Waals surface area (Å²) in [5.74, 6) is -2.59. The fourth-order valence-electron chi connectivity index (χ4n) is 3.54. The average molecular weight is 458 g/mol. The van der Waals surface area contributed by atoms with Gasteiger partial charge in [-0.3, -0.25) is 4.98 Å². The number of alkyl halides is 3. The highest BCUT2D eigenvalue weighted by atomic mass is 19.4. The topological polar surface area (TPSA) is 97.7 Å². The van der Waals surface area contributed by atoms with Gasteiger partial charge in [0.05, 0.1) is 37.3 Å². The largest absolute Gasteiger partial charge is 0.490 e. The second-order valence-electron chi connectivity index (χ2n) is 7.48. The third-order valence-corrected chi connectivity index (χ3v) is 5.19. The third kappa shape index (κ3) is 6.57. The second kappa shape index (κ2) is 10.2. The smallest absolute Gasteiger partial charge is 0.475 e. The number of aromatic nitrogens is 3. The zero-order valence-corrected chi connectivity index (χ0v) is 17.0. The van der Waals surface area contributed by atoms with Gasteiger partial charge in [0.2, 0.25) is 5.95 Å². The highest BCUT2D eigenvalue weighted by Gasteiger charge is 2.43. The number of rotatable bonds is 4. The minimum Gasteiger partial charge on any atom is -0.475 e. The summed E-state index contributed by atoms with van der Waals surface area (Å²) in [6, 6.07) is 3.93. The van der Waals surface area contributed by atoms with E-state index in [0.29, 0.717) is 19.2 Å². The van der Waals surface area contributed by atoms with Crippen LogP contribution in [0.2, 0.25) is 0 Å². The van der Waals surface area contributed by atoms with Gasteiger partial charge in [-0.2, -0.15) is 13.2 Å². The molecule has 1 atom stereocenters. The molecule has 1 unspecified atom stereocenters. The molecule has 8 nitrogen and oxygen atoms in total. The van der Waals surface area contributed by atoms with Crippen LogP contribution in [0.4, 0.5) is 23.5 Å². The molecule has 2 aliphatic heterocycles. The lowest BCUT2D eigenvalue weighted by molar-refractivity contribution is -0.192. The van der Waals surface area contributed by atoms with Crippen LogP contribution < -0.4 is 4.90 Å². The molecule has 174 valence electrons. The monoisotopic (exact) mass is 458 g/mol. The Balaban J connectivity index is 0.000000360. The molecule has 32 heavy (non-hydrogen) atoms. The van der Waals surface area contributed by atoms with Gasteiger partial charge in [-0.1, -0.05) is 6.07 Å². The summed E-state index contributed by atoms with van der Waals surface area (Å²) < 4.78 is 56.8. The first kappa shape index (κ1) is 23.8. The number of piperidine rings is 1. The summed E-state index contributed by atoms with van der Waals surface area (Å²) in [6.45, 7) is 2.81. The number of nitrogens with zero attached hydrogens (tertiary/aromatic N) is 4. The zero-order chi connectivity index (χ0) is 23.2. The van der Waals surface area contributed by atoms with E-state index in [1.54, 1.807) is 6.20 Å². The van der Waals surface area contributed by atoms with Crippen LogP contribution in [0.5, 0.6) is 0 Å². The average Bonchev–Trinajstić information content (AvgIpc) is 3.16. The molecule has 2 saturated heterocycles. The van der Waals surface area contributed by atoms with E-state index in [1.807, 2.05) is 18.3 Å². The van der Waals surface area contributed by atoms with Gasteiger partial charge in [-0.15, -0.1) is 0 Å². The summed E-state index contributed by atoms with van der Waals surface area (Å²) in [5, 5.41) is 7.12. The first-order valence-corrected chi connectivity index (χ1v) is 9.84. The van der Waals surface area contributed by atoms with E-state index < -0.39 is 18.0 Å². The molecule has 0 saturated carbocycles. The summed E-state index contributed by atoms with van der Waals surface area (Å²) in [5.41, 5.74) is 0.961. The van der Waals surface area contributed by atoms with Crippen molar-refractivity contribution in [2.75, 3.05) is 24.6 Å². The van der Waals surface area contributed by atoms with Crippen LogP contribution in [0.3, 0.4) is 0 Å². The van der Waals surface area contributed by atoms with Crippen molar-refractivity contribution in [2.24, 2.45) is 0 Å². The Morgan fingerprint density at radius 3 is 2.47 bits per heavy atom. The summed E-state index contributed by atoms with van der Waals surface area (Å²) in [7, 11) is 0. The standard InChI is InChI=1S/C18H21FN4O2.C2HF3O2/c19-15-10-21-17(22-11-15)23-6-3-18(4-7-23)8-16(13-25-18)24-12-14-2-1-5-20-9-14;3-2(4,5)1(6)7/h1-2,5,9-11,16H,3-4,6-8,12-13H2;(H,6,7). The molecule has 1 N–H and O–H groups in total. The normalized spacial score (nSPS) is 20.0. The molecular formula is C20H22F4N4O4. The predicted octanol–water partition coefficient (Wildman–Crippen LogP) is 2.99. The zero-order valence-electron chi connectivity index (χ0n) is 17.0. The van der Waals surface area contributed by atoms with Gasteiger partial charge in [0, 0.05) is 31.9 Å². The second-order valence-corrected chi connectivity index (χ2v) is 7.48. The highest BCUT2D eigenvalue weighted by Crippen LogP contribution is 2.37. The number of hydrogen-bond acceptors (Lipinski definition) is 7. The van der Waals surface area contributed by atoms with Gasteiger partial charge in [0.25, 0.3) is 0 Å². The number of carboxylic acids is 1. The van der Waals surface area contributed by atoms with E-state index in [-0.39, 0.29) is 11.7 Å². The van der Waals surface area contributed by atoms with Crippen molar-refractivity contribution in [2.45, 2.75) is 43.8 Å². The van der Waals surface area contributed by atoms with Crippen LogP contribution in [-0.2, 0) is 20.9 Å². The minimum atomic E-state index is -5.08. The lowest BCUT2D eigenvalue weighted by atomic mass is 9.88. The first-order chi connectivity index (χ1) is 15.2. The molecule has 0 amide bonds. The third-order valence-electron chi connectivity index (χ3n) is 5.19. The van der Waals surface area contributed by atoms with Crippen LogP contribution in [0.25, 0.3) is 0 Å². The molecular weight excluding hydrogens is 436 g/mol. The van der Waals surface area contributed by atoms with E-state index in [2.05, 4.69) is 19.9 Å². The number of anilines is 1. The number of pyridine rings is 1. The fourth-order valence-corrected chi connectivity index (χ4v) is 3.54. The number of carbonyl (C=O) groups is 1. The lowest BCUT2D eigenvalue weighted by Crippen LogP contribution is -2.45. The van der Waals surface area contributed by atoms with Crippen molar-refractivity contribution in [3.63, 3.8) is 0 Å². The number of carboxylic acid groups (broad SMARTS) is 1. The van der Waals surface area contributed by atoms with Crippen molar-refractivity contribution in [1.82, 2.24) is 15.0 Å². The maximum atomic E-state index is 13.0. The molecule has 12 heteroatoms. The van der Waals surface area contributed by atoms with Gasteiger partial charge in [-0.25, -0.2) is 19.2 Å². The molecule has 2 fully saturated rings. The maximum Gasteiger partial charge on any atom is 0.490 e. The maximum absolute atomic E-state index is 13.0. The molecule has 4 rings (SSSR count). The number of aliphatic carboxylic acids is 1. The molecule has 0 aromatic carbocycles. The molecule has 2 aromatic rings. The van der Waals surface area contributed by atoms with Crippen molar-refractivity contribution >= 4 is 11.9 Å². The van der Waals surface area contributed by atoms with Crippen LogP contribution in [0, 0.1) is 5.82 Å². The van der Waals surface area contributed by atoms with E-state index in [4.69, 9.17) is 19.4 Å². The van der Waals surface area contributed by atoms with Gasteiger partial charge < -0.3 is 19.5 Å². The molecule has 1 spiro atoms. The SMILES string of the molecule is Fc1cnc(N2CCC3(CC2)CC(OCc2cccnc2)CO3)nc1.O=C(O)C(F)(F)F. The van der Waals surface area contributed by atoms with Crippen molar-refractivity contribution in [3.05, 3.63) is 48.3 Å². The number of ether oxygens (including phenoxy) is 2. The van der Waals surface area contributed by atoms with Crippen LogP contribution in [0.1, 0.15) is 24.8 Å². The quantitative estimate of drug-likeness (QED) is 0.699. The number of halogens is 4. The van der Waals surface area contributed by atoms with Crippen LogP contribution in [-0.4, -0.2) is 63.6 Å². The van der Waals surface area contributed by atoms with Gasteiger partial charge in [0.15, 0.2) is 5.82 Å². The molecule has 2 aliphatic rings. The van der Waals surface area contributed by atoms with Crippen molar-refractivity contribution < 1.29 is 36.9 Å². The fraction of sp³-hybridized carbons (Fsp3) is 0.500.